The van der Waals surface area contributed by atoms with Gasteiger partial charge in [0.15, 0.2) is 11.5 Å². The molecule has 0 atom stereocenters. The van der Waals surface area contributed by atoms with Gasteiger partial charge in [-0.1, -0.05) is 6.07 Å². The van der Waals surface area contributed by atoms with Crippen molar-refractivity contribution in [1.82, 2.24) is 24.6 Å². The summed E-state index contributed by atoms with van der Waals surface area (Å²) < 4.78 is 34.5. The normalized spacial score (nSPS) is 17.0. The molecular formula is C24H22F2N6O2. The Morgan fingerprint density at radius 3 is 2.68 bits per heavy atom. The SMILES string of the molecule is O=C(Nc1cc2c(-c3nc4ccc(C5CCOCC5)cn4n3)cnc(C(F)F)c2cn1)C1CC1. The fraction of sp³-hybridized carbons (Fsp3) is 0.375. The Kier molecular flexibility index (Phi) is 5.17. The Morgan fingerprint density at radius 2 is 1.91 bits per heavy atom. The summed E-state index contributed by atoms with van der Waals surface area (Å²) in [5.41, 5.74) is 1.95. The molecule has 4 aromatic heterocycles. The maximum absolute atomic E-state index is 13.6. The number of nitrogens with one attached hydrogen (secondary N) is 1. The summed E-state index contributed by atoms with van der Waals surface area (Å²) in [6.07, 6.45) is 5.52. The maximum Gasteiger partial charge on any atom is 0.281 e. The van der Waals surface area contributed by atoms with Crippen LogP contribution in [0.4, 0.5) is 14.6 Å². The highest BCUT2D eigenvalue weighted by Crippen LogP contribution is 2.35. The van der Waals surface area contributed by atoms with Crippen molar-refractivity contribution in [3.63, 3.8) is 0 Å². The molecule has 1 aliphatic carbocycles. The van der Waals surface area contributed by atoms with Crippen LogP contribution in [0.1, 0.15) is 49.3 Å². The first kappa shape index (κ1) is 21.0. The van der Waals surface area contributed by atoms with Crippen molar-refractivity contribution in [3.05, 3.63) is 48.0 Å². The lowest BCUT2D eigenvalue weighted by Crippen LogP contribution is -2.14. The Labute approximate surface area is 193 Å². The van der Waals surface area contributed by atoms with Crippen LogP contribution in [-0.4, -0.2) is 43.7 Å². The molecule has 2 aliphatic rings. The van der Waals surface area contributed by atoms with Gasteiger partial charge in [-0.25, -0.2) is 23.3 Å². The zero-order valence-corrected chi connectivity index (χ0v) is 18.2. The van der Waals surface area contributed by atoms with E-state index >= 15 is 0 Å². The summed E-state index contributed by atoms with van der Waals surface area (Å²) in [7, 11) is 0. The molecule has 1 aliphatic heterocycles. The molecule has 1 N–H and O–H groups in total. The molecule has 1 saturated heterocycles. The van der Waals surface area contributed by atoms with Crippen LogP contribution in [0.15, 0.2) is 36.8 Å². The topological polar surface area (TPSA) is 94.3 Å². The fourth-order valence-corrected chi connectivity index (χ4v) is 4.44. The molecular weight excluding hydrogens is 442 g/mol. The van der Waals surface area contributed by atoms with E-state index in [0.29, 0.717) is 34.2 Å². The van der Waals surface area contributed by atoms with E-state index in [0.717, 1.165) is 44.5 Å². The van der Waals surface area contributed by atoms with E-state index in [4.69, 9.17) is 4.74 Å². The molecule has 6 rings (SSSR count). The lowest BCUT2D eigenvalue weighted by molar-refractivity contribution is -0.117. The second-order valence-electron chi connectivity index (χ2n) is 8.82. The number of carbonyl (C=O) groups excluding carboxylic acids is 1. The van der Waals surface area contributed by atoms with Crippen LogP contribution >= 0.6 is 0 Å². The molecule has 34 heavy (non-hydrogen) atoms. The molecule has 1 amide bonds. The number of halogens is 2. The van der Waals surface area contributed by atoms with Crippen LogP contribution in [0, 0.1) is 5.92 Å². The number of hydrogen-bond acceptors (Lipinski definition) is 6. The summed E-state index contributed by atoms with van der Waals surface area (Å²) >= 11 is 0. The van der Waals surface area contributed by atoms with E-state index in [9.17, 15) is 13.6 Å². The van der Waals surface area contributed by atoms with Gasteiger partial charge in [-0.15, -0.1) is 5.10 Å². The molecule has 2 fully saturated rings. The first-order valence-electron chi connectivity index (χ1n) is 11.4. The first-order valence-corrected chi connectivity index (χ1v) is 11.4. The number of carbonyl (C=O) groups is 1. The summed E-state index contributed by atoms with van der Waals surface area (Å²) in [4.78, 5) is 25.0. The van der Waals surface area contributed by atoms with Gasteiger partial charge in [0.05, 0.1) is 0 Å². The molecule has 1 saturated carbocycles. The highest BCUT2D eigenvalue weighted by atomic mass is 19.3. The maximum atomic E-state index is 13.6. The van der Waals surface area contributed by atoms with Crippen molar-refractivity contribution < 1.29 is 18.3 Å². The predicted molar refractivity (Wildman–Crippen MR) is 121 cm³/mol. The number of alkyl halides is 2. The summed E-state index contributed by atoms with van der Waals surface area (Å²) in [5, 5.41) is 8.08. The van der Waals surface area contributed by atoms with Crippen LogP contribution in [0.3, 0.4) is 0 Å². The van der Waals surface area contributed by atoms with Crippen molar-refractivity contribution in [2.75, 3.05) is 18.5 Å². The van der Waals surface area contributed by atoms with E-state index in [1.165, 1.54) is 12.4 Å². The molecule has 8 nitrogen and oxygen atoms in total. The second kappa shape index (κ2) is 8.35. The third kappa shape index (κ3) is 3.87. The Morgan fingerprint density at radius 1 is 1.09 bits per heavy atom. The van der Waals surface area contributed by atoms with Crippen molar-refractivity contribution in [3.8, 4) is 11.4 Å². The van der Waals surface area contributed by atoms with Gasteiger partial charge in [-0.2, -0.15) is 0 Å². The van der Waals surface area contributed by atoms with Gasteiger partial charge in [0.1, 0.15) is 11.5 Å². The number of rotatable bonds is 5. The van der Waals surface area contributed by atoms with Gasteiger partial charge in [-0.05, 0) is 49.3 Å². The van der Waals surface area contributed by atoms with Crippen molar-refractivity contribution in [2.24, 2.45) is 5.92 Å². The molecule has 10 heteroatoms. The second-order valence-corrected chi connectivity index (χ2v) is 8.82. The number of amides is 1. The molecule has 174 valence electrons. The zero-order valence-electron chi connectivity index (χ0n) is 18.2. The minimum absolute atomic E-state index is 0.00365. The number of ether oxygens (including phenoxy) is 1. The average Bonchev–Trinajstić information content (AvgIpc) is 3.62. The number of nitrogens with zero attached hydrogens (tertiary/aromatic N) is 5. The van der Waals surface area contributed by atoms with Crippen LogP contribution in [0.5, 0.6) is 0 Å². The number of aromatic nitrogens is 5. The lowest BCUT2D eigenvalue weighted by Gasteiger charge is -2.22. The standard InChI is InChI=1S/C24H22F2N6O2/c25-22(26)21-17-10-27-19(29-24(33)14-1-2-14)9-16(17)18(11-28-21)23-30-20-4-3-15(12-32(20)31-23)13-5-7-34-8-6-13/h3-4,9-14,22H,1-2,5-8H2,(H,27,29,33). The number of hydrogen-bond donors (Lipinski definition) is 1. The molecule has 0 bridgehead atoms. The summed E-state index contributed by atoms with van der Waals surface area (Å²) in [6, 6.07) is 5.56. The van der Waals surface area contributed by atoms with Crippen LogP contribution in [0.25, 0.3) is 27.8 Å². The first-order chi connectivity index (χ1) is 16.6. The van der Waals surface area contributed by atoms with Crippen LogP contribution < -0.4 is 5.32 Å². The Balaban J connectivity index is 1.43. The number of pyridine rings is 3. The molecule has 0 aromatic carbocycles. The predicted octanol–water partition coefficient (Wildman–Crippen LogP) is 4.52. The molecule has 0 spiro atoms. The largest absolute Gasteiger partial charge is 0.381 e. The molecule has 0 unspecified atom stereocenters. The third-order valence-corrected chi connectivity index (χ3v) is 6.50. The van der Waals surface area contributed by atoms with Crippen molar-refractivity contribution in [1.29, 1.82) is 0 Å². The lowest BCUT2D eigenvalue weighted by atomic mass is 9.93. The van der Waals surface area contributed by atoms with Gasteiger partial charge >= 0.3 is 0 Å². The smallest absolute Gasteiger partial charge is 0.281 e. The fourth-order valence-electron chi connectivity index (χ4n) is 4.44. The summed E-state index contributed by atoms with van der Waals surface area (Å²) in [5.74, 6) is 0.970. The van der Waals surface area contributed by atoms with E-state index in [2.05, 4.69) is 31.4 Å². The van der Waals surface area contributed by atoms with E-state index in [1.807, 2.05) is 12.3 Å². The van der Waals surface area contributed by atoms with Crippen LogP contribution in [-0.2, 0) is 9.53 Å². The van der Waals surface area contributed by atoms with E-state index in [-0.39, 0.29) is 22.9 Å². The summed E-state index contributed by atoms with van der Waals surface area (Å²) in [6.45, 7) is 1.49. The highest BCUT2D eigenvalue weighted by Gasteiger charge is 2.30. The number of anilines is 1. The van der Waals surface area contributed by atoms with Crippen molar-refractivity contribution in [2.45, 2.75) is 38.0 Å². The van der Waals surface area contributed by atoms with Gasteiger partial charge in [0, 0.05) is 54.1 Å². The monoisotopic (exact) mass is 464 g/mol. The van der Waals surface area contributed by atoms with Gasteiger partial charge in [-0.3, -0.25) is 9.78 Å². The Hall–Kier alpha value is -3.53. The Bertz CT molecular complexity index is 1400. The molecule has 4 aromatic rings. The van der Waals surface area contributed by atoms with Crippen LogP contribution in [0.2, 0.25) is 0 Å². The minimum atomic E-state index is -2.76. The van der Waals surface area contributed by atoms with Gasteiger partial charge in [0.2, 0.25) is 5.91 Å². The number of fused-ring (bicyclic) bond motifs is 2. The minimum Gasteiger partial charge on any atom is -0.381 e. The quantitative estimate of drug-likeness (QED) is 0.467. The van der Waals surface area contributed by atoms with Gasteiger partial charge in [0.25, 0.3) is 6.43 Å². The third-order valence-electron chi connectivity index (χ3n) is 6.50. The van der Waals surface area contributed by atoms with E-state index < -0.39 is 6.43 Å². The zero-order chi connectivity index (χ0) is 23.2. The highest BCUT2D eigenvalue weighted by molar-refractivity contribution is 6.00. The van der Waals surface area contributed by atoms with E-state index in [1.54, 1.807) is 10.6 Å². The molecule has 0 radical (unpaired) electrons. The molecule has 5 heterocycles. The average molecular weight is 464 g/mol. The van der Waals surface area contributed by atoms with Crippen molar-refractivity contribution >= 4 is 28.1 Å². The van der Waals surface area contributed by atoms with Gasteiger partial charge < -0.3 is 10.1 Å².